The Morgan fingerprint density at radius 2 is 1.95 bits per heavy atom. The van der Waals surface area contributed by atoms with Crippen LogP contribution in [-0.2, 0) is 6.61 Å². The van der Waals surface area contributed by atoms with Gasteiger partial charge in [-0.15, -0.1) is 0 Å². The maximum absolute atomic E-state index is 13.6. The van der Waals surface area contributed by atoms with Gasteiger partial charge in [-0.25, -0.2) is 4.98 Å². The van der Waals surface area contributed by atoms with E-state index in [0.29, 0.717) is 38.6 Å². The smallest absolute Gasteiger partial charge is 0.282 e. The van der Waals surface area contributed by atoms with E-state index in [0.717, 1.165) is 35.7 Å². The summed E-state index contributed by atoms with van der Waals surface area (Å²) in [5.74, 6) is 1.40. The molecule has 0 aliphatic heterocycles. The van der Waals surface area contributed by atoms with Crippen LogP contribution in [0.25, 0.3) is 10.9 Å². The third kappa shape index (κ3) is 5.61. The van der Waals surface area contributed by atoms with Gasteiger partial charge in [-0.2, -0.15) is 15.0 Å². The first-order chi connectivity index (χ1) is 18.0. The minimum atomic E-state index is -0.212. The average Bonchev–Trinajstić information content (AvgIpc) is 2.93. The van der Waals surface area contributed by atoms with E-state index in [9.17, 15) is 10.1 Å². The molecule has 0 bridgehead atoms. The Hall–Kier alpha value is -3.47. The van der Waals surface area contributed by atoms with Gasteiger partial charge in [0.05, 0.1) is 28.8 Å². The van der Waals surface area contributed by atoms with Gasteiger partial charge in [0.2, 0.25) is 0 Å². The van der Waals surface area contributed by atoms with E-state index in [1.807, 2.05) is 30.3 Å². The first kappa shape index (κ1) is 25.2. The van der Waals surface area contributed by atoms with Crippen molar-refractivity contribution in [1.82, 2.24) is 9.66 Å². The Morgan fingerprint density at radius 3 is 2.76 bits per heavy atom. The molecule has 0 saturated heterocycles. The predicted octanol–water partition coefficient (Wildman–Crippen LogP) is 7.19. The molecule has 186 valence electrons. The number of fused-ring (bicyclic) bond motifs is 1. The quantitative estimate of drug-likeness (QED) is 0.228. The number of nitrogens with zero attached hydrogens (tertiary/aromatic N) is 4. The SMILES string of the molecule is N#Cc1ccccc1COc1ccc(Cl)cc1C=Nn1c(C2CCCCC2)nc2ccc(Br)cc2c1=O. The maximum atomic E-state index is 13.6. The molecule has 0 unspecified atom stereocenters. The highest BCUT2D eigenvalue weighted by molar-refractivity contribution is 9.10. The number of hydrogen-bond acceptors (Lipinski definition) is 5. The largest absolute Gasteiger partial charge is 0.488 e. The zero-order valence-electron chi connectivity index (χ0n) is 20.0. The summed E-state index contributed by atoms with van der Waals surface area (Å²) >= 11 is 9.76. The van der Waals surface area contributed by atoms with Gasteiger partial charge in [0.25, 0.3) is 5.56 Å². The number of rotatable bonds is 6. The second-order valence-electron chi connectivity index (χ2n) is 9.07. The van der Waals surface area contributed by atoms with Crippen LogP contribution < -0.4 is 10.3 Å². The normalized spacial score (nSPS) is 14.2. The van der Waals surface area contributed by atoms with Gasteiger partial charge >= 0.3 is 0 Å². The highest BCUT2D eigenvalue weighted by Gasteiger charge is 2.22. The van der Waals surface area contributed by atoms with E-state index >= 15 is 0 Å². The number of ether oxygens (including phenoxy) is 1. The van der Waals surface area contributed by atoms with Gasteiger partial charge in [0, 0.05) is 26.5 Å². The number of aromatic nitrogens is 2. The third-order valence-corrected chi connectivity index (χ3v) is 7.34. The highest BCUT2D eigenvalue weighted by atomic mass is 79.9. The summed E-state index contributed by atoms with van der Waals surface area (Å²) in [6.07, 6.45) is 6.97. The first-order valence-corrected chi connectivity index (χ1v) is 13.4. The lowest BCUT2D eigenvalue weighted by Crippen LogP contribution is -2.25. The van der Waals surface area contributed by atoms with Crippen LogP contribution in [0.3, 0.4) is 0 Å². The molecule has 6 nitrogen and oxygen atoms in total. The Kier molecular flexibility index (Phi) is 7.68. The maximum Gasteiger partial charge on any atom is 0.282 e. The van der Waals surface area contributed by atoms with Crippen LogP contribution in [0, 0.1) is 11.3 Å². The fourth-order valence-electron chi connectivity index (χ4n) is 4.68. The standard InChI is InChI=1S/C29H24BrClN4O2/c30-23-10-12-26-25(15-23)29(36)35(28(34-26)19-6-2-1-3-7-19)33-17-22-14-24(31)11-13-27(22)37-18-21-9-5-4-8-20(21)16-32/h4-5,8-15,17,19H,1-3,6-7,18H2. The molecule has 1 fully saturated rings. The third-order valence-electron chi connectivity index (χ3n) is 6.61. The number of benzene rings is 3. The minimum Gasteiger partial charge on any atom is -0.488 e. The molecule has 1 aliphatic carbocycles. The average molecular weight is 576 g/mol. The topological polar surface area (TPSA) is 80.3 Å². The summed E-state index contributed by atoms with van der Waals surface area (Å²) in [6, 6.07) is 20.3. The van der Waals surface area contributed by atoms with Crippen LogP contribution >= 0.6 is 27.5 Å². The van der Waals surface area contributed by atoms with Crippen LogP contribution in [0.15, 0.2) is 75.0 Å². The Balaban J connectivity index is 1.54. The lowest BCUT2D eigenvalue weighted by atomic mass is 9.88. The minimum absolute atomic E-state index is 0.171. The predicted molar refractivity (Wildman–Crippen MR) is 149 cm³/mol. The molecule has 37 heavy (non-hydrogen) atoms. The van der Waals surface area contributed by atoms with Crippen molar-refractivity contribution >= 4 is 44.6 Å². The van der Waals surface area contributed by atoms with Gasteiger partial charge < -0.3 is 4.74 Å². The molecule has 1 aliphatic rings. The van der Waals surface area contributed by atoms with Crippen molar-refractivity contribution in [2.45, 2.75) is 44.6 Å². The van der Waals surface area contributed by atoms with E-state index in [2.05, 4.69) is 27.1 Å². The molecular weight excluding hydrogens is 552 g/mol. The van der Waals surface area contributed by atoms with E-state index in [1.54, 1.807) is 36.5 Å². The number of hydrogen-bond donors (Lipinski definition) is 0. The first-order valence-electron chi connectivity index (χ1n) is 12.2. The van der Waals surface area contributed by atoms with Crippen LogP contribution in [-0.4, -0.2) is 15.9 Å². The lowest BCUT2D eigenvalue weighted by Gasteiger charge is -2.22. The molecule has 1 aromatic heterocycles. The Bertz CT molecular complexity index is 1590. The van der Waals surface area contributed by atoms with Crippen molar-refractivity contribution < 1.29 is 4.74 Å². The summed E-state index contributed by atoms with van der Waals surface area (Å²) in [5, 5.41) is 15.0. The summed E-state index contributed by atoms with van der Waals surface area (Å²) in [5.41, 5.74) is 2.42. The molecule has 3 aromatic carbocycles. The van der Waals surface area contributed by atoms with Crippen LogP contribution in [0.1, 0.15) is 60.5 Å². The fourth-order valence-corrected chi connectivity index (χ4v) is 5.23. The van der Waals surface area contributed by atoms with E-state index < -0.39 is 0 Å². The monoisotopic (exact) mass is 574 g/mol. The van der Waals surface area contributed by atoms with Crippen molar-refractivity contribution in [3.05, 3.63) is 103 Å². The lowest BCUT2D eigenvalue weighted by molar-refractivity contribution is 0.305. The molecule has 8 heteroatoms. The van der Waals surface area contributed by atoms with Crippen molar-refractivity contribution in [1.29, 1.82) is 5.26 Å². The molecule has 1 heterocycles. The zero-order valence-corrected chi connectivity index (χ0v) is 22.4. The van der Waals surface area contributed by atoms with Gasteiger partial charge in [-0.05, 0) is 55.3 Å². The molecule has 0 amide bonds. The van der Waals surface area contributed by atoms with Crippen LogP contribution in [0.4, 0.5) is 0 Å². The van der Waals surface area contributed by atoms with Gasteiger partial charge in [-0.1, -0.05) is 65.0 Å². The highest BCUT2D eigenvalue weighted by Crippen LogP contribution is 2.32. The summed E-state index contributed by atoms with van der Waals surface area (Å²) in [6.45, 7) is 0.213. The molecule has 4 aromatic rings. The van der Waals surface area contributed by atoms with Crippen molar-refractivity contribution in [2.24, 2.45) is 5.10 Å². The van der Waals surface area contributed by atoms with Crippen LogP contribution in [0.2, 0.25) is 5.02 Å². The van der Waals surface area contributed by atoms with Crippen molar-refractivity contribution in [2.75, 3.05) is 0 Å². The van der Waals surface area contributed by atoms with E-state index in [-0.39, 0.29) is 18.1 Å². The van der Waals surface area contributed by atoms with Gasteiger partial charge in [0.15, 0.2) is 0 Å². The van der Waals surface area contributed by atoms with E-state index in [1.165, 1.54) is 11.1 Å². The molecule has 5 rings (SSSR count). The van der Waals surface area contributed by atoms with E-state index in [4.69, 9.17) is 21.3 Å². The van der Waals surface area contributed by atoms with Crippen molar-refractivity contribution in [3.63, 3.8) is 0 Å². The molecular formula is C29H24BrClN4O2. The van der Waals surface area contributed by atoms with Crippen molar-refractivity contribution in [3.8, 4) is 11.8 Å². The Morgan fingerprint density at radius 1 is 1.14 bits per heavy atom. The molecule has 0 radical (unpaired) electrons. The zero-order chi connectivity index (χ0) is 25.8. The van der Waals surface area contributed by atoms with Gasteiger partial charge in [0.1, 0.15) is 18.2 Å². The molecule has 0 N–H and O–H groups in total. The number of halogens is 2. The Labute approximate surface area is 228 Å². The number of nitriles is 1. The van der Waals surface area contributed by atoms with Crippen LogP contribution in [0.5, 0.6) is 5.75 Å². The fraction of sp³-hybridized carbons (Fsp3) is 0.241. The van der Waals surface area contributed by atoms with Gasteiger partial charge in [-0.3, -0.25) is 4.79 Å². The summed E-state index contributed by atoms with van der Waals surface area (Å²) in [4.78, 5) is 18.5. The summed E-state index contributed by atoms with van der Waals surface area (Å²) < 4.78 is 8.30. The molecule has 1 saturated carbocycles. The second kappa shape index (κ2) is 11.3. The second-order valence-corrected chi connectivity index (χ2v) is 10.4. The molecule has 0 spiro atoms. The summed E-state index contributed by atoms with van der Waals surface area (Å²) in [7, 11) is 0. The molecule has 0 atom stereocenters.